The van der Waals surface area contributed by atoms with Crippen molar-refractivity contribution in [3.05, 3.63) is 60.2 Å². The van der Waals surface area contributed by atoms with Crippen molar-refractivity contribution >= 4 is 11.9 Å². The fourth-order valence-corrected chi connectivity index (χ4v) is 2.41. The van der Waals surface area contributed by atoms with Crippen molar-refractivity contribution in [1.29, 1.82) is 0 Å². The summed E-state index contributed by atoms with van der Waals surface area (Å²) < 4.78 is 9.61. The van der Waals surface area contributed by atoms with Gasteiger partial charge in [-0.3, -0.25) is 24.5 Å². The van der Waals surface area contributed by atoms with Crippen molar-refractivity contribution in [2.75, 3.05) is 14.2 Å². The quantitative estimate of drug-likeness (QED) is 0.673. The van der Waals surface area contributed by atoms with Gasteiger partial charge in [-0.1, -0.05) is 12.1 Å². The van der Waals surface area contributed by atoms with Gasteiger partial charge in [-0.2, -0.15) is 0 Å². The predicted octanol–water partition coefficient (Wildman–Crippen LogP) is 1.58. The standard InChI is InChI=1S/C18H21N3O4/c1-24-17(22)11-16(18(23)25-2)21(12-14-7-3-5-9-19-14)13-15-8-4-6-10-20-15/h3-10,16H,11-13H2,1-2H3/t16-/m0/s1. The maximum absolute atomic E-state index is 12.3. The first kappa shape index (κ1) is 18.5. The molecule has 2 aromatic heterocycles. The van der Waals surface area contributed by atoms with Gasteiger partial charge >= 0.3 is 11.9 Å². The Morgan fingerprint density at radius 1 is 0.960 bits per heavy atom. The van der Waals surface area contributed by atoms with Gasteiger partial charge in [-0.05, 0) is 24.3 Å². The highest BCUT2D eigenvalue weighted by Gasteiger charge is 2.30. The van der Waals surface area contributed by atoms with E-state index >= 15 is 0 Å². The third-order valence-corrected chi connectivity index (χ3v) is 3.68. The number of nitrogens with zero attached hydrogens (tertiary/aromatic N) is 3. The fourth-order valence-electron chi connectivity index (χ4n) is 2.41. The van der Waals surface area contributed by atoms with Gasteiger partial charge < -0.3 is 9.47 Å². The van der Waals surface area contributed by atoms with Gasteiger partial charge in [0.25, 0.3) is 0 Å². The normalized spacial score (nSPS) is 11.8. The maximum atomic E-state index is 12.3. The second-order valence-electron chi connectivity index (χ2n) is 5.37. The van der Waals surface area contributed by atoms with Crippen LogP contribution in [0.4, 0.5) is 0 Å². The van der Waals surface area contributed by atoms with Crippen molar-refractivity contribution < 1.29 is 19.1 Å². The van der Waals surface area contributed by atoms with Crippen molar-refractivity contribution in [2.24, 2.45) is 0 Å². The molecule has 2 aromatic rings. The predicted molar refractivity (Wildman–Crippen MR) is 90.2 cm³/mol. The van der Waals surface area contributed by atoms with Crippen LogP contribution in [0.3, 0.4) is 0 Å². The topological polar surface area (TPSA) is 81.6 Å². The first-order valence-corrected chi connectivity index (χ1v) is 7.82. The van der Waals surface area contributed by atoms with E-state index in [0.717, 1.165) is 11.4 Å². The number of ether oxygens (including phenoxy) is 2. The minimum Gasteiger partial charge on any atom is -0.469 e. The molecule has 0 aliphatic carbocycles. The zero-order valence-electron chi connectivity index (χ0n) is 14.3. The van der Waals surface area contributed by atoms with Gasteiger partial charge in [-0.25, -0.2) is 0 Å². The highest BCUT2D eigenvalue weighted by Crippen LogP contribution is 2.15. The van der Waals surface area contributed by atoms with Gasteiger partial charge in [-0.15, -0.1) is 0 Å². The van der Waals surface area contributed by atoms with Crippen molar-refractivity contribution in [3.63, 3.8) is 0 Å². The van der Waals surface area contributed by atoms with E-state index < -0.39 is 18.0 Å². The maximum Gasteiger partial charge on any atom is 0.323 e. The van der Waals surface area contributed by atoms with E-state index in [1.807, 2.05) is 41.3 Å². The Kier molecular flexibility index (Phi) is 7.03. The molecule has 25 heavy (non-hydrogen) atoms. The van der Waals surface area contributed by atoms with Crippen LogP contribution in [0.25, 0.3) is 0 Å². The second-order valence-corrected chi connectivity index (χ2v) is 5.37. The fraction of sp³-hybridized carbons (Fsp3) is 0.333. The Hall–Kier alpha value is -2.80. The minimum absolute atomic E-state index is 0.108. The average molecular weight is 343 g/mol. The summed E-state index contributed by atoms with van der Waals surface area (Å²) in [7, 11) is 2.59. The minimum atomic E-state index is -0.790. The third kappa shape index (κ3) is 5.65. The number of methoxy groups -OCH3 is 2. The molecule has 0 aromatic carbocycles. The van der Waals surface area contributed by atoms with Crippen LogP contribution in [-0.4, -0.2) is 47.1 Å². The number of hydrogen-bond acceptors (Lipinski definition) is 7. The van der Waals surface area contributed by atoms with Crippen LogP contribution in [0, 0.1) is 0 Å². The summed E-state index contributed by atoms with van der Waals surface area (Å²) in [5, 5.41) is 0. The van der Waals surface area contributed by atoms with E-state index in [-0.39, 0.29) is 6.42 Å². The lowest BCUT2D eigenvalue weighted by Crippen LogP contribution is -2.43. The molecule has 0 saturated carbocycles. The molecule has 0 aliphatic rings. The number of esters is 2. The highest BCUT2D eigenvalue weighted by atomic mass is 16.5. The Bertz CT molecular complexity index is 638. The zero-order valence-corrected chi connectivity index (χ0v) is 14.3. The largest absolute Gasteiger partial charge is 0.469 e. The molecule has 0 saturated heterocycles. The Labute approximate surface area is 146 Å². The summed E-state index contributed by atoms with van der Waals surface area (Å²) in [5.41, 5.74) is 1.55. The molecule has 0 N–H and O–H groups in total. The van der Waals surface area contributed by atoms with Crippen LogP contribution < -0.4 is 0 Å². The summed E-state index contributed by atoms with van der Waals surface area (Å²) in [6.45, 7) is 0.738. The summed E-state index contributed by atoms with van der Waals surface area (Å²) in [6.07, 6.45) is 3.26. The molecular formula is C18H21N3O4. The Morgan fingerprint density at radius 2 is 1.52 bits per heavy atom. The summed E-state index contributed by atoms with van der Waals surface area (Å²) in [6, 6.07) is 10.3. The monoisotopic (exact) mass is 343 g/mol. The van der Waals surface area contributed by atoms with Crippen molar-refractivity contribution in [1.82, 2.24) is 14.9 Å². The Morgan fingerprint density at radius 3 is 1.92 bits per heavy atom. The Balaban J connectivity index is 2.28. The molecule has 0 fully saturated rings. The van der Waals surface area contributed by atoms with E-state index in [1.165, 1.54) is 14.2 Å². The molecule has 0 aliphatic heterocycles. The van der Waals surface area contributed by atoms with Crippen molar-refractivity contribution in [3.8, 4) is 0 Å². The molecular weight excluding hydrogens is 322 g/mol. The lowest BCUT2D eigenvalue weighted by Gasteiger charge is -2.28. The first-order chi connectivity index (χ1) is 12.1. The average Bonchev–Trinajstić information content (AvgIpc) is 2.66. The molecule has 2 rings (SSSR count). The van der Waals surface area contributed by atoms with E-state index in [1.54, 1.807) is 12.4 Å². The molecule has 2 heterocycles. The SMILES string of the molecule is COC(=O)C[C@@H](C(=O)OC)N(Cc1ccccn1)Cc1ccccn1. The highest BCUT2D eigenvalue weighted by molar-refractivity contribution is 5.82. The first-order valence-electron chi connectivity index (χ1n) is 7.82. The molecule has 0 spiro atoms. The third-order valence-electron chi connectivity index (χ3n) is 3.68. The van der Waals surface area contributed by atoms with E-state index in [2.05, 4.69) is 9.97 Å². The van der Waals surface area contributed by atoms with Gasteiger partial charge in [0.05, 0.1) is 32.0 Å². The number of hydrogen-bond donors (Lipinski definition) is 0. The lowest BCUT2D eigenvalue weighted by atomic mass is 10.1. The van der Waals surface area contributed by atoms with Crippen LogP contribution in [0.5, 0.6) is 0 Å². The second kappa shape index (κ2) is 9.48. The summed E-state index contributed by atoms with van der Waals surface area (Å²) in [5.74, 6) is -0.986. The van der Waals surface area contributed by atoms with E-state index in [4.69, 9.17) is 9.47 Å². The number of carbonyl (C=O) groups is 2. The molecule has 132 valence electrons. The molecule has 0 unspecified atom stereocenters. The van der Waals surface area contributed by atoms with Gasteiger partial charge in [0, 0.05) is 25.5 Å². The molecule has 1 atom stereocenters. The molecule has 0 bridgehead atoms. The smallest absolute Gasteiger partial charge is 0.323 e. The zero-order chi connectivity index (χ0) is 18.1. The molecule has 0 amide bonds. The number of aromatic nitrogens is 2. The van der Waals surface area contributed by atoms with Crippen LogP contribution in [0.2, 0.25) is 0 Å². The molecule has 7 heteroatoms. The van der Waals surface area contributed by atoms with Crippen LogP contribution in [0.1, 0.15) is 17.8 Å². The van der Waals surface area contributed by atoms with Crippen LogP contribution in [-0.2, 0) is 32.2 Å². The van der Waals surface area contributed by atoms with Crippen LogP contribution >= 0.6 is 0 Å². The van der Waals surface area contributed by atoms with Crippen molar-refractivity contribution in [2.45, 2.75) is 25.6 Å². The molecule has 0 radical (unpaired) electrons. The van der Waals surface area contributed by atoms with Gasteiger partial charge in [0.1, 0.15) is 6.04 Å². The lowest BCUT2D eigenvalue weighted by molar-refractivity contribution is -0.154. The molecule has 7 nitrogen and oxygen atoms in total. The van der Waals surface area contributed by atoms with E-state index in [9.17, 15) is 9.59 Å². The number of rotatable bonds is 8. The number of pyridine rings is 2. The van der Waals surface area contributed by atoms with Gasteiger partial charge in [0.15, 0.2) is 0 Å². The summed E-state index contributed by atoms with van der Waals surface area (Å²) >= 11 is 0. The van der Waals surface area contributed by atoms with E-state index in [0.29, 0.717) is 13.1 Å². The summed E-state index contributed by atoms with van der Waals surface area (Å²) in [4.78, 5) is 34.4. The van der Waals surface area contributed by atoms with Crippen LogP contribution in [0.15, 0.2) is 48.8 Å². The van der Waals surface area contributed by atoms with Gasteiger partial charge in [0.2, 0.25) is 0 Å². The number of carbonyl (C=O) groups excluding carboxylic acids is 2.